The van der Waals surface area contributed by atoms with Crippen molar-refractivity contribution in [2.75, 3.05) is 42.9 Å². The van der Waals surface area contributed by atoms with Gasteiger partial charge in [0.25, 0.3) is 0 Å². The summed E-state index contributed by atoms with van der Waals surface area (Å²) in [6.45, 7) is 8.40. The molecule has 0 atom stereocenters. The van der Waals surface area contributed by atoms with Crippen LogP contribution in [0, 0.1) is 12.7 Å². The molecular weight excluding hydrogens is 627 g/mol. The molecule has 254 valence electrons. The molecule has 0 saturated heterocycles. The average Bonchev–Trinajstić information content (AvgIpc) is 3.08. The van der Waals surface area contributed by atoms with Crippen molar-refractivity contribution in [2.24, 2.45) is 0 Å². The molecule has 3 aromatic carbocycles. The van der Waals surface area contributed by atoms with Crippen molar-refractivity contribution in [1.82, 2.24) is 15.0 Å². The van der Waals surface area contributed by atoms with Crippen LogP contribution in [-0.4, -0.2) is 54.0 Å². The summed E-state index contributed by atoms with van der Waals surface area (Å²) >= 11 is 0. The van der Waals surface area contributed by atoms with E-state index in [1.165, 1.54) is 4.90 Å². The van der Waals surface area contributed by atoms with E-state index < -0.39 is 17.5 Å². The van der Waals surface area contributed by atoms with Crippen LogP contribution in [0.5, 0.6) is 17.4 Å². The average molecular weight is 667 g/mol. The Labute approximate surface area is 284 Å². The lowest BCUT2D eigenvalue weighted by molar-refractivity contribution is 0.0566. The van der Waals surface area contributed by atoms with Crippen molar-refractivity contribution in [1.29, 1.82) is 0 Å². The number of nitrogens with zero attached hydrogens (tertiary/aromatic N) is 5. The van der Waals surface area contributed by atoms with Crippen molar-refractivity contribution >= 4 is 34.3 Å². The molecule has 0 aliphatic carbocycles. The summed E-state index contributed by atoms with van der Waals surface area (Å²) < 4.78 is 39.7. The number of rotatable bonds is 8. The van der Waals surface area contributed by atoms with E-state index in [-0.39, 0.29) is 36.2 Å². The zero-order chi connectivity index (χ0) is 34.9. The fourth-order valence-electron chi connectivity index (χ4n) is 5.88. The first-order chi connectivity index (χ1) is 23.5. The van der Waals surface area contributed by atoms with Crippen LogP contribution in [-0.2, 0) is 17.8 Å². The highest BCUT2D eigenvalue weighted by Gasteiger charge is 2.33. The lowest BCUT2D eigenvalue weighted by Gasteiger charge is -2.33. The number of nitrogen functional groups attached to an aromatic ring is 1. The van der Waals surface area contributed by atoms with Gasteiger partial charge >= 0.3 is 6.09 Å². The number of amides is 1. The fraction of sp³-hybridized carbons (Fsp3) is 0.297. The van der Waals surface area contributed by atoms with Crippen LogP contribution >= 0.6 is 0 Å². The lowest BCUT2D eigenvalue weighted by atomic mass is 9.97. The second-order valence-electron chi connectivity index (χ2n) is 12.7. The van der Waals surface area contributed by atoms with Crippen LogP contribution in [0.2, 0.25) is 0 Å². The molecule has 1 amide bonds. The first-order valence-electron chi connectivity index (χ1n) is 15.8. The van der Waals surface area contributed by atoms with E-state index in [0.29, 0.717) is 52.3 Å². The highest BCUT2D eigenvalue weighted by Crippen LogP contribution is 2.43. The number of hydrogen-bond acceptors (Lipinski definition) is 10. The standard InChI is InChI=1S/C37H39FN6O5/c1-22-28(18-40-34-32(22)44(15-16-48-34)36(45)49-37(2,3)4)27-17-30-29(19-41-35(39)42-30)33(31(27)38)43(20-23-7-11-25(46-5)12-8-23)21-24-9-13-26(47-6)14-10-24/h7-14,17-19H,15-16,20-21H2,1-6H3,(H2,39,41,42). The predicted octanol–water partition coefficient (Wildman–Crippen LogP) is 7.08. The summed E-state index contributed by atoms with van der Waals surface area (Å²) in [5.41, 5.74) is 9.66. The molecule has 0 saturated carbocycles. The van der Waals surface area contributed by atoms with Gasteiger partial charge in [0, 0.05) is 42.0 Å². The van der Waals surface area contributed by atoms with Gasteiger partial charge in [-0.25, -0.2) is 24.1 Å². The Hall–Kier alpha value is -5.65. The molecule has 2 N–H and O–H groups in total. The van der Waals surface area contributed by atoms with Crippen LogP contribution in [0.25, 0.3) is 22.0 Å². The lowest BCUT2D eigenvalue weighted by Crippen LogP contribution is -2.42. The summed E-state index contributed by atoms with van der Waals surface area (Å²) in [5, 5.41) is 0.486. The smallest absolute Gasteiger partial charge is 0.415 e. The molecule has 0 spiro atoms. The molecule has 0 fully saturated rings. The Kier molecular flexibility index (Phi) is 9.14. The van der Waals surface area contributed by atoms with E-state index in [1.807, 2.05) is 60.4 Å². The van der Waals surface area contributed by atoms with Crippen LogP contribution in [0.15, 0.2) is 67.0 Å². The highest BCUT2D eigenvalue weighted by atomic mass is 19.1. The Morgan fingerprint density at radius 2 is 1.57 bits per heavy atom. The predicted molar refractivity (Wildman–Crippen MR) is 187 cm³/mol. The number of halogens is 1. The molecule has 3 heterocycles. The van der Waals surface area contributed by atoms with Crippen LogP contribution in [0.3, 0.4) is 0 Å². The number of ether oxygens (including phenoxy) is 4. The van der Waals surface area contributed by atoms with Gasteiger partial charge in [0.05, 0.1) is 32.0 Å². The third-order valence-corrected chi connectivity index (χ3v) is 8.20. The van der Waals surface area contributed by atoms with Gasteiger partial charge < -0.3 is 29.6 Å². The number of anilines is 3. The number of pyridine rings is 1. The number of nitrogens with two attached hydrogens (primary N) is 1. The maximum Gasteiger partial charge on any atom is 0.415 e. The first-order valence-corrected chi connectivity index (χ1v) is 15.8. The monoisotopic (exact) mass is 666 g/mol. The Bertz CT molecular complexity index is 1950. The van der Waals surface area contributed by atoms with Crippen LogP contribution in [0.4, 0.5) is 26.5 Å². The zero-order valence-corrected chi connectivity index (χ0v) is 28.4. The minimum absolute atomic E-state index is 0.0534. The Morgan fingerprint density at radius 3 is 2.14 bits per heavy atom. The zero-order valence-electron chi connectivity index (χ0n) is 28.4. The number of fused-ring (bicyclic) bond motifs is 2. The molecule has 49 heavy (non-hydrogen) atoms. The van der Waals surface area contributed by atoms with Crippen molar-refractivity contribution in [3.8, 4) is 28.5 Å². The summed E-state index contributed by atoms with van der Waals surface area (Å²) in [7, 11) is 3.22. The number of carbonyl (C=O) groups is 1. The SMILES string of the molecule is COc1ccc(CN(Cc2ccc(OC)cc2)c2c(F)c(-c3cnc4c(c3C)N(C(=O)OC(C)(C)C)CCO4)cc3nc(N)ncc23)cc1. The molecular formula is C37H39FN6O5. The molecule has 1 aliphatic rings. The molecule has 6 rings (SSSR count). The van der Waals surface area contributed by atoms with Gasteiger partial charge in [0.15, 0.2) is 5.82 Å². The number of carbonyl (C=O) groups excluding carboxylic acids is 1. The summed E-state index contributed by atoms with van der Waals surface area (Å²) in [4.78, 5) is 30.1. The van der Waals surface area contributed by atoms with Crippen molar-refractivity contribution in [3.63, 3.8) is 0 Å². The molecule has 11 nitrogen and oxygen atoms in total. The third kappa shape index (κ3) is 6.99. The van der Waals surface area contributed by atoms with Gasteiger partial charge in [-0.05, 0) is 74.7 Å². The van der Waals surface area contributed by atoms with E-state index in [1.54, 1.807) is 53.5 Å². The van der Waals surface area contributed by atoms with Crippen molar-refractivity contribution in [2.45, 2.75) is 46.4 Å². The topological polar surface area (TPSA) is 125 Å². The van der Waals surface area contributed by atoms with Gasteiger partial charge in [-0.2, -0.15) is 0 Å². The molecule has 5 aromatic rings. The largest absolute Gasteiger partial charge is 0.497 e. The van der Waals surface area contributed by atoms with Crippen molar-refractivity contribution in [3.05, 3.63) is 89.5 Å². The molecule has 0 radical (unpaired) electrons. The normalized spacial score (nSPS) is 12.7. The molecule has 2 aromatic heterocycles. The number of hydrogen-bond donors (Lipinski definition) is 1. The minimum Gasteiger partial charge on any atom is -0.497 e. The minimum atomic E-state index is -0.718. The summed E-state index contributed by atoms with van der Waals surface area (Å²) in [6.07, 6.45) is 2.57. The van der Waals surface area contributed by atoms with Gasteiger partial charge in [0.1, 0.15) is 29.4 Å². The number of aromatic nitrogens is 3. The molecule has 1 aliphatic heterocycles. The van der Waals surface area contributed by atoms with Crippen LogP contribution in [0.1, 0.15) is 37.5 Å². The van der Waals surface area contributed by atoms with Gasteiger partial charge in [-0.15, -0.1) is 0 Å². The van der Waals surface area contributed by atoms with Crippen LogP contribution < -0.4 is 29.7 Å². The van der Waals surface area contributed by atoms with E-state index >= 15 is 4.39 Å². The number of benzene rings is 3. The second kappa shape index (κ2) is 13.5. The quantitative estimate of drug-likeness (QED) is 0.184. The van der Waals surface area contributed by atoms with Gasteiger partial charge in [-0.1, -0.05) is 24.3 Å². The number of methoxy groups -OCH3 is 2. The Balaban J connectivity index is 1.53. The summed E-state index contributed by atoms with van der Waals surface area (Å²) in [6, 6.07) is 16.9. The second-order valence-corrected chi connectivity index (χ2v) is 12.7. The third-order valence-electron chi connectivity index (χ3n) is 8.20. The van der Waals surface area contributed by atoms with Crippen molar-refractivity contribution < 1.29 is 28.1 Å². The maximum absolute atomic E-state index is 17.4. The van der Waals surface area contributed by atoms with E-state index in [4.69, 9.17) is 24.7 Å². The molecule has 12 heteroatoms. The first kappa shape index (κ1) is 33.3. The van der Waals surface area contributed by atoms with E-state index in [2.05, 4.69) is 15.0 Å². The molecule has 0 unspecified atom stereocenters. The van der Waals surface area contributed by atoms with Gasteiger partial charge in [-0.3, -0.25) is 4.90 Å². The Morgan fingerprint density at radius 1 is 0.959 bits per heavy atom. The molecule has 0 bridgehead atoms. The fourth-order valence-corrected chi connectivity index (χ4v) is 5.88. The maximum atomic E-state index is 17.4. The van der Waals surface area contributed by atoms with E-state index in [0.717, 1.165) is 11.1 Å². The highest BCUT2D eigenvalue weighted by molar-refractivity contribution is 5.98. The summed E-state index contributed by atoms with van der Waals surface area (Å²) in [5.74, 6) is 1.25. The van der Waals surface area contributed by atoms with E-state index in [9.17, 15) is 4.79 Å². The van der Waals surface area contributed by atoms with Gasteiger partial charge in [0.2, 0.25) is 11.8 Å².